The minimum atomic E-state index is -0.279. The highest BCUT2D eigenvalue weighted by Gasteiger charge is 2.19. The third-order valence-electron chi connectivity index (χ3n) is 5.35. The van der Waals surface area contributed by atoms with Crippen molar-refractivity contribution in [1.29, 1.82) is 0 Å². The number of anilines is 1. The average molecular weight is 409 g/mol. The van der Waals surface area contributed by atoms with Gasteiger partial charge >= 0.3 is 0 Å². The molecular formula is C25H20FN5. The van der Waals surface area contributed by atoms with E-state index in [0.29, 0.717) is 11.5 Å². The van der Waals surface area contributed by atoms with Crippen LogP contribution in [0.25, 0.3) is 39.4 Å². The second kappa shape index (κ2) is 7.65. The molecule has 6 heteroatoms. The number of nitrogen functional groups attached to an aromatic ring is 1. The van der Waals surface area contributed by atoms with Crippen molar-refractivity contribution in [2.24, 2.45) is 0 Å². The van der Waals surface area contributed by atoms with Crippen LogP contribution in [0.3, 0.4) is 0 Å². The summed E-state index contributed by atoms with van der Waals surface area (Å²) in [5.41, 5.74) is 13.0. The van der Waals surface area contributed by atoms with Gasteiger partial charge in [-0.2, -0.15) is 5.10 Å². The van der Waals surface area contributed by atoms with Crippen LogP contribution in [0.1, 0.15) is 12.5 Å². The van der Waals surface area contributed by atoms with E-state index < -0.39 is 0 Å². The Kier molecular flexibility index (Phi) is 4.67. The van der Waals surface area contributed by atoms with Gasteiger partial charge in [-0.1, -0.05) is 31.2 Å². The van der Waals surface area contributed by atoms with Crippen molar-refractivity contribution >= 4 is 11.5 Å². The molecule has 0 spiro atoms. The topological polar surface area (TPSA) is 69.1 Å². The summed E-state index contributed by atoms with van der Waals surface area (Å²) in [6.07, 6.45) is 2.62. The van der Waals surface area contributed by atoms with Gasteiger partial charge < -0.3 is 5.73 Å². The molecular weight excluding hydrogens is 389 g/mol. The molecule has 0 amide bonds. The molecule has 0 bridgehead atoms. The highest BCUT2D eigenvalue weighted by Crippen LogP contribution is 2.35. The lowest BCUT2D eigenvalue weighted by Crippen LogP contribution is -1.98. The molecule has 2 N–H and O–H groups in total. The Labute approximate surface area is 179 Å². The van der Waals surface area contributed by atoms with Gasteiger partial charge in [0.15, 0.2) is 5.65 Å². The number of aromatic nitrogens is 4. The number of aryl methyl sites for hydroxylation is 1. The summed E-state index contributed by atoms with van der Waals surface area (Å²) in [5, 5.41) is 4.84. The maximum absolute atomic E-state index is 13.4. The Morgan fingerprint density at radius 2 is 1.65 bits per heavy atom. The van der Waals surface area contributed by atoms with E-state index in [-0.39, 0.29) is 5.82 Å². The maximum atomic E-state index is 13.4. The van der Waals surface area contributed by atoms with Crippen LogP contribution >= 0.6 is 0 Å². The van der Waals surface area contributed by atoms with Gasteiger partial charge in [0.2, 0.25) is 0 Å². The first kappa shape index (κ1) is 18.9. The van der Waals surface area contributed by atoms with E-state index in [2.05, 4.69) is 36.2 Å². The molecule has 5 aromatic rings. The largest absolute Gasteiger partial charge is 0.383 e. The number of benzene rings is 2. The van der Waals surface area contributed by atoms with Crippen LogP contribution in [0, 0.1) is 5.82 Å². The molecule has 0 atom stereocenters. The number of imidazole rings is 1. The van der Waals surface area contributed by atoms with Crippen molar-refractivity contribution in [3.63, 3.8) is 0 Å². The van der Waals surface area contributed by atoms with Gasteiger partial charge in [-0.05, 0) is 60.5 Å². The van der Waals surface area contributed by atoms with Crippen molar-refractivity contribution in [2.75, 3.05) is 5.73 Å². The summed E-state index contributed by atoms with van der Waals surface area (Å²) >= 11 is 0. The van der Waals surface area contributed by atoms with Crippen molar-refractivity contribution in [3.8, 4) is 33.8 Å². The molecule has 0 fully saturated rings. The molecule has 5 nitrogen and oxygen atoms in total. The van der Waals surface area contributed by atoms with E-state index in [1.165, 1.54) is 17.7 Å². The fourth-order valence-corrected chi connectivity index (χ4v) is 3.67. The molecule has 0 aliphatic heterocycles. The Hall–Kier alpha value is -4.06. The normalized spacial score (nSPS) is 11.2. The molecule has 3 aromatic heterocycles. The fraction of sp³-hybridized carbons (Fsp3) is 0.0800. The van der Waals surface area contributed by atoms with E-state index in [4.69, 9.17) is 15.8 Å². The van der Waals surface area contributed by atoms with Crippen LogP contribution in [0.2, 0.25) is 0 Å². The molecule has 5 rings (SSSR count). The molecule has 2 aromatic carbocycles. The monoisotopic (exact) mass is 409 g/mol. The number of hydrogen-bond acceptors (Lipinski definition) is 4. The van der Waals surface area contributed by atoms with Crippen molar-refractivity contribution in [1.82, 2.24) is 19.6 Å². The predicted molar refractivity (Wildman–Crippen MR) is 121 cm³/mol. The van der Waals surface area contributed by atoms with Crippen LogP contribution in [-0.4, -0.2) is 19.6 Å². The predicted octanol–water partition coefficient (Wildman–Crippen LogP) is 5.41. The van der Waals surface area contributed by atoms with Crippen LogP contribution in [0.5, 0.6) is 0 Å². The second-order valence-electron chi connectivity index (χ2n) is 7.29. The second-order valence-corrected chi connectivity index (χ2v) is 7.29. The highest BCUT2D eigenvalue weighted by atomic mass is 19.1. The molecule has 0 aliphatic rings. The summed E-state index contributed by atoms with van der Waals surface area (Å²) < 4.78 is 15.2. The van der Waals surface area contributed by atoms with Crippen LogP contribution < -0.4 is 5.73 Å². The van der Waals surface area contributed by atoms with Crippen molar-refractivity contribution in [2.45, 2.75) is 13.3 Å². The first-order valence-electron chi connectivity index (χ1n) is 10.1. The zero-order valence-corrected chi connectivity index (χ0v) is 17.0. The summed E-state index contributed by atoms with van der Waals surface area (Å²) in [6, 6.07) is 22.2. The maximum Gasteiger partial charge on any atom is 0.155 e. The van der Waals surface area contributed by atoms with E-state index >= 15 is 0 Å². The number of nitrogens with zero attached hydrogens (tertiary/aromatic N) is 4. The number of rotatable bonds is 4. The van der Waals surface area contributed by atoms with Crippen molar-refractivity contribution in [3.05, 3.63) is 90.4 Å². The van der Waals surface area contributed by atoms with Crippen LogP contribution in [0.15, 0.2) is 79.0 Å². The first-order chi connectivity index (χ1) is 15.1. The summed E-state index contributed by atoms with van der Waals surface area (Å²) in [7, 11) is 0. The molecule has 0 aliphatic carbocycles. The number of fused-ring (bicyclic) bond motifs is 1. The Balaban J connectivity index is 1.77. The Morgan fingerprint density at radius 3 is 2.35 bits per heavy atom. The summed E-state index contributed by atoms with van der Waals surface area (Å²) in [5.74, 6) is 0.134. The Morgan fingerprint density at radius 1 is 0.903 bits per heavy atom. The quantitative estimate of drug-likeness (QED) is 0.431. The lowest BCUT2D eigenvalue weighted by Gasteiger charge is -2.08. The lowest BCUT2D eigenvalue weighted by molar-refractivity contribution is 0.628. The van der Waals surface area contributed by atoms with Crippen LogP contribution in [0.4, 0.5) is 10.2 Å². The SMILES string of the molecule is CCc1ccc(-c2c(-c3cccnc3N)nc3ccc(-c4ccc(F)cc4)nn23)cc1. The van der Waals surface area contributed by atoms with Gasteiger partial charge in [0.1, 0.15) is 23.0 Å². The molecule has 0 unspecified atom stereocenters. The number of halogens is 1. The minimum Gasteiger partial charge on any atom is -0.383 e. The fourth-order valence-electron chi connectivity index (χ4n) is 3.67. The third-order valence-corrected chi connectivity index (χ3v) is 5.35. The molecule has 0 radical (unpaired) electrons. The molecule has 0 saturated heterocycles. The van der Waals surface area contributed by atoms with E-state index in [9.17, 15) is 4.39 Å². The summed E-state index contributed by atoms with van der Waals surface area (Å²) in [4.78, 5) is 9.07. The zero-order valence-electron chi connectivity index (χ0n) is 17.0. The van der Waals surface area contributed by atoms with Crippen LogP contribution in [-0.2, 0) is 6.42 Å². The summed E-state index contributed by atoms with van der Waals surface area (Å²) in [6.45, 7) is 2.13. The molecule has 0 saturated carbocycles. The van der Waals surface area contributed by atoms with E-state index in [1.807, 2.05) is 28.8 Å². The van der Waals surface area contributed by atoms with Gasteiger partial charge in [0, 0.05) is 22.9 Å². The molecule has 152 valence electrons. The van der Waals surface area contributed by atoms with Gasteiger partial charge in [-0.15, -0.1) is 0 Å². The third kappa shape index (κ3) is 3.42. The van der Waals surface area contributed by atoms with Gasteiger partial charge in [0.05, 0.1) is 5.69 Å². The number of pyridine rings is 1. The van der Waals surface area contributed by atoms with E-state index in [0.717, 1.165) is 40.2 Å². The van der Waals surface area contributed by atoms with Gasteiger partial charge in [0.25, 0.3) is 0 Å². The highest BCUT2D eigenvalue weighted by molar-refractivity contribution is 5.86. The number of hydrogen-bond donors (Lipinski definition) is 1. The Bertz CT molecular complexity index is 1370. The minimum absolute atomic E-state index is 0.279. The average Bonchev–Trinajstić information content (AvgIpc) is 3.18. The molecule has 31 heavy (non-hydrogen) atoms. The number of nitrogens with two attached hydrogens (primary N) is 1. The van der Waals surface area contributed by atoms with Gasteiger partial charge in [-0.25, -0.2) is 18.9 Å². The lowest BCUT2D eigenvalue weighted by atomic mass is 10.0. The van der Waals surface area contributed by atoms with E-state index in [1.54, 1.807) is 18.3 Å². The zero-order chi connectivity index (χ0) is 21.4. The van der Waals surface area contributed by atoms with Crippen molar-refractivity contribution < 1.29 is 4.39 Å². The first-order valence-corrected chi connectivity index (χ1v) is 10.1. The van der Waals surface area contributed by atoms with Gasteiger partial charge in [-0.3, -0.25) is 0 Å². The molecule has 3 heterocycles. The standard InChI is InChI=1S/C25H20FN5/c1-2-16-5-7-18(8-6-16)24-23(20-4-3-15-28-25(20)27)29-22-14-13-21(30-31(22)24)17-9-11-19(26)12-10-17/h3-15H,2H2,1H3,(H2,27,28). The smallest absolute Gasteiger partial charge is 0.155 e.